The van der Waals surface area contributed by atoms with Crippen LogP contribution in [0.4, 0.5) is 0 Å². The Balaban J connectivity index is 2.20. The average molecular weight is 200 g/mol. The van der Waals surface area contributed by atoms with Gasteiger partial charge in [0.05, 0.1) is 11.9 Å². The molecule has 0 aromatic carbocycles. The molecule has 0 aliphatic rings. The van der Waals surface area contributed by atoms with Crippen molar-refractivity contribution in [1.82, 2.24) is 15.0 Å². The minimum Gasteiger partial charge on any atom is -0.345 e. The molecule has 2 aromatic rings. The Morgan fingerprint density at radius 2 is 2.53 bits per heavy atom. The van der Waals surface area contributed by atoms with Crippen LogP contribution in [0, 0.1) is 0 Å². The van der Waals surface area contributed by atoms with E-state index in [9.17, 15) is 0 Å². The van der Waals surface area contributed by atoms with Crippen LogP contribution in [-0.4, -0.2) is 21.5 Å². The van der Waals surface area contributed by atoms with Gasteiger partial charge in [-0.25, -0.2) is 9.97 Å². The molecule has 0 bridgehead atoms. The lowest BCUT2D eigenvalue weighted by Gasteiger charge is -1.91. The highest BCUT2D eigenvalue weighted by Gasteiger charge is 1.96. The van der Waals surface area contributed by atoms with E-state index in [1.54, 1.807) is 24.5 Å². The summed E-state index contributed by atoms with van der Waals surface area (Å²) in [5.41, 5.74) is 10.4. The Morgan fingerprint density at radius 3 is 3.40 bits per heavy atom. The zero-order valence-corrected chi connectivity index (χ0v) is 7.83. The predicted octanol–water partition coefficient (Wildman–Crippen LogP) is 2.28. The van der Waals surface area contributed by atoms with Gasteiger partial charge in [0.25, 0.3) is 0 Å². The van der Waals surface area contributed by atoms with Crippen LogP contribution in [0.15, 0.2) is 29.7 Å². The van der Waals surface area contributed by atoms with Crippen molar-refractivity contribution in [1.29, 1.82) is 0 Å². The molecule has 0 saturated carbocycles. The van der Waals surface area contributed by atoms with Gasteiger partial charge in [0.2, 0.25) is 0 Å². The van der Waals surface area contributed by atoms with Crippen molar-refractivity contribution in [3.63, 3.8) is 0 Å². The van der Waals surface area contributed by atoms with Gasteiger partial charge in [-0.2, -0.15) is 0 Å². The summed E-state index contributed by atoms with van der Waals surface area (Å²) >= 11 is 0. The molecule has 0 aliphatic heterocycles. The standard InChI is InChI=1S/C9H8N6/c10-15-13-4-1-2-7-6-12-9-8(14-7)3-5-11-9/h1-3,5-6H,4H2,(H,11,12). The summed E-state index contributed by atoms with van der Waals surface area (Å²) in [6, 6.07) is 1.85. The van der Waals surface area contributed by atoms with Crippen LogP contribution >= 0.6 is 0 Å². The van der Waals surface area contributed by atoms with E-state index in [4.69, 9.17) is 5.53 Å². The minimum atomic E-state index is 0.323. The fourth-order valence-electron chi connectivity index (χ4n) is 1.18. The second kappa shape index (κ2) is 4.26. The first-order valence-corrected chi connectivity index (χ1v) is 4.37. The molecule has 6 nitrogen and oxygen atoms in total. The lowest BCUT2D eigenvalue weighted by Crippen LogP contribution is -1.84. The third kappa shape index (κ3) is 2.12. The van der Waals surface area contributed by atoms with Gasteiger partial charge in [-0.3, -0.25) is 0 Å². The van der Waals surface area contributed by atoms with Crippen molar-refractivity contribution in [3.05, 3.63) is 40.7 Å². The number of nitrogens with one attached hydrogen (secondary N) is 1. The predicted molar refractivity (Wildman–Crippen MR) is 56.9 cm³/mol. The highest BCUT2D eigenvalue weighted by Crippen LogP contribution is 2.07. The van der Waals surface area contributed by atoms with E-state index in [1.807, 2.05) is 6.07 Å². The number of rotatable bonds is 3. The molecule has 0 spiro atoms. The summed E-state index contributed by atoms with van der Waals surface area (Å²) < 4.78 is 0. The Labute approximate surface area is 85.3 Å². The van der Waals surface area contributed by atoms with E-state index >= 15 is 0 Å². The molecule has 15 heavy (non-hydrogen) atoms. The maximum Gasteiger partial charge on any atom is 0.156 e. The summed E-state index contributed by atoms with van der Waals surface area (Å²) in [5, 5.41) is 3.38. The molecule has 6 heteroatoms. The van der Waals surface area contributed by atoms with E-state index in [2.05, 4.69) is 25.0 Å². The van der Waals surface area contributed by atoms with Gasteiger partial charge >= 0.3 is 0 Å². The molecule has 0 amide bonds. The fraction of sp³-hybridized carbons (Fsp3) is 0.111. The van der Waals surface area contributed by atoms with Crippen LogP contribution < -0.4 is 0 Å². The summed E-state index contributed by atoms with van der Waals surface area (Å²) in [5.74, 6) is 0. The molecule has 0 unspecified atom stereocenters. The Bertz CT molecular complexity index is 534. The first kappa shape index (κ1) is 9.23. The summed E-state index contributed by atoms with van der Waals surface area (Å²) in [6.45, 7) is 0.323. The molecule has 74 valence electrons. The van der Waals surface area contributed by atoms with Crippen LogP contribution in [-0.2, 0) is 0 Å². The first-order chi connectivity index (χ1) is 7.40. The molecule has 0 aliphatic carbocycles. The zero-order chi connectivity index (χ0) is 10.5. The maximum absolute atomic E-state index is 8.07. The van der Waals surface area contributed by atoms with Crippen molar-refractivity contribution >= 4 is 17.2 Å². The molecule has 0 saturated heterocycles. The third-order valence-electron chi connectivity index (χ3n) is 1.82. The number of nitrogens with zero attached hydrogens (tertiary/aromatic N) is 5. The minimum absolute atomic E-state index is 0.323. The molecular weight excluding hydrogens is 192 g/mol. The Morgan fingerprint density at radius 1 is 1.60 bits per heavy atom. The Hall–Kier alpha value is -2.33. The number of azide groups is 1. The van der Waals surface area contributed by atoms with E-state index in [1.165, 1.54) is 0 Å². The highest BCUT2D eigenvalue weighted by atomic mass is 15.1. The quantitative estimate of drug-likeness (QED) is 0.467. The number of aromatic nitrogens is 3. The number of H-pyrrole nitrogens is 1. The molecule has 0 radical (unpaired) electrons. The molecule has 2 rings (SSSR count). The molecular formula is C9H8N6. The van der Waals surface area contributed by atoms with Gasteiger partial charge in [-0.15, -0.1) is 0 Å². The lowest BCUT2D eigenvalue weighted by atomic mass is 10.4. The first-order valence-electron chi connectivity index (χ1n) is 4.37. The molecule has 2 heterocycles. The molecule has 1 N–H and O–H groups in total. The molecule has 0 fully saturated rings. The van der Waals surface area contributed by atoms with E-state index in [-0.39, 0.29) is 0 Å². The van der Waals surface area contributed by atoms with Crippen LogP contribution in [0.1, 0.15) is 5.69 Å². The monoisotopic (exact) mass is 200 g/mol. The average Bonchev–Trinajstić information content (AvgIpc) is 2.71. The Kier molecular flexibility index (Phi) is 2.62. The molecule has 0 atom stereocenters. The van der Waals surface area contributed by atoms with Crippen molar-refractivity contribution in [3.8, 4) is 0 Å². The van der Waals surface area contributed by atoms with E-state index in [0.29, 0.717) is 6.54 Å². The van der Waals surface area contributed by atoms with Crippen molar-refractivity contribution in [2.75, 3.05) is 6.54 Å². The number of fused-ring (bicyclic) bond motifs is 1. The summed E-state index contributed by atoms with van der Waals surface area (Å²) in [6.07, 6.45) is 6.96. The van der Waals surface area contributed by atoms with Gasteiger partial charge in [0, 0.05) is 17.7 Å². The van der Waals surface area contributed by atoms with E-state index in [0.717, 1.165) is 16.9 Å². The third-order valence-corrected chi connectivity index (χ3v) is 1.82. The normalized spacial score (nSPS) is 10.7. The molecule has 2 aromatic heterocycles. The van der Waals surface area contributed by atoms with Gasteiger partial charge in [0.15, 0.2) is 5.65 Å². The SMILES string of the molecule is [N-]=[N+]=NCC=Cc1cnc2[nH]ccc2n1. The van der Waals surface area contributed by atoms with Gasteiger partial charge in [0.1, 0.15) is 5.52 Å². The fourth-order valence-corrected chi connectivity index (χ4v) is 1.18. The topological polar surface area (TPSA) is 90.3 Å². The maximum atomic E-state index is 8.07. The number of aromatic amines is 1. The van der Waals surface area contributed by atoms with Crippen LogP contribution in [0.2, 0.25) is 0 Å². The van der Waals surface area contributed by atoms with Crippen LogP contribution in [0.5, 0.6) is 0 Å². The summed E-state index contributed by atoms with van der Waals surface area (Å²) in [7, 11) is 0. The summed E-state index contributed by atoms with van der Waals surface area (Å²) in [4.78, 5) is 14.1. The van der Waals surface area contributed by atoms with Gasteiger partial charge in [-0.1, -0.05) is 11.2 Å². The number of hydrogen-bond donors (Lipinski definition) is 1. The van der Waals surface area contributed by atoms with Crippen LogP contribution in [0.3, 0.4) is 0 Å². The second-order valence-corrected chi connectivity index (χ2v) is 2.82. The van der Waals surface area contributed by atoms with E-state index < -0.39 is 0 Å². The van der Waals surface area contributed by atoms with Gasteiger partial charge in [-0.05, 0) is 17.7 Å². The van der Waals surface area contributed by atoms with Crippen molar-refractivity contribution < 1.29 is 0 Å². The lowest BCUT2D eigenvalue weighted by molar-refractivity contribution is 1.21. The smallest absolute Gasteiger partial charge is 0.156 e. The van der Waals surface area contributed by atoms with Gasteiger partial charge < -0.3 is 4.98 Å². The zero-order valence-electron chi connectivity index (χ0n) is 7.83. The number of hydrogen-bond acceptors (Lipinski definition) is 3. The highest BCUT2D eigenvalue weighted by molar-refractivity contribution is 5.71. The largest absolute Gasteiger partial charge is 0.345 e. The second-order valence-electron chi connectivity index (χ2n) is 2.82. The van der Waals surface area contributed by atoms with Crippen molar-refractivity contribution in [2.45, 2.75) is 0 Å². The van der Waals surface area contributed by atoms with Crippen LogP contribution in [0.25, 0.3) is 27.7 Å². The van der Waals surface area contributed by atoms with Crippen molar-refractivity contribution in [2.24, 2.45) is 5.11 Å².